The molecule has 3 rings (SSSR count). The van der Waals surface area contributed by atoms with Crippen molar-refractivity contribution in [3.05, 3.63) is 36.3 Å². The zero-order valence-electron chi connectivity index (χ0n) is 14.4. The molecule has 7 heteroatoms. The molecule has 0 saturated carbocycles. The first kappa shape index (κ1) is 17.9. The minimum atomic E-state index is -0.308. The molecule has 0 aliphatic carbocycles. The first-order valence-electron chi connectivity index (χ1n) is 8.25. The van der Waals surface area contributed by atoms with E-state index >= 15 is 0 Å². The van der Waals surface area contributed by atoms with Gasteiger partial charge in [0.25, 0.3) is 5.22 Å². The maximum Gasteiger partial charge on any atom is 0.256 e. The Labute approximate surface area is 150 Å². The molecule has 3 unspecified atom stereocenters. The number of carbonyl (C=O) groups is 1. The van der Waals surface area contributed by atoms with Gasteiger partial charge in [-0.2, -0.15) is 0 Å². The highest BCUT2D eigenvalue weighted by atomic mass is 32.2. The maximum atomic E-state index is 13.0. The fourth-order valence-corrected chi connectivity index (χ4v) is 3.68. The summed E-state index contributed by atoms with van der Waals surface area (Å²) in [6, 6.07) is 6.01. The van der Waals surface area contributed by atoms with E-state index in [-0.39, 0.29) is 29.2 Å². The number of rotatable bonds is 4. The topological polar surface area (TPSA) is 55.6 Å². The van der Waals surface area contributed by atoms with Crippen molar-refractivity contribution >= 4 is 17.7 Å². The molecular formula is C18H21FN2O3S. The molecule has 1 saturated heterocycles. The van der Waals surface area contributed by atoms with Crippen LogP contribution in [-0.4, -0.2) is 46.3 Å². The van der Waals surface area contributed by atoms with Crippen LogP contribution in [0.4, 0.5) is 4.39 Å². The molecule has 1 amide bonds. The van der Waals surface area contributed by atoms with Gasteiger partial charge in [0.2, 0.25) is 5.91 Å². The fourth-order valence-electron chi connectivity index (χ4n) is 2.88. The molecule has 25 heavy (non-hydrogen) atoms. The van der Waals surface area contributed by atoms with Crippen LogP contribution in [0.3, 0.4) is 0 Å². The molecule has 0 spiro atoms. The molecule has 1 fully saturated rings. The second-order valence-electron chi connectivity index (χ2n) is 6.26. The summed E-state index contributed by atoms with van der Waals surface area (Å²) in [5.41, 5.74) is 0.746. The van der Waals surface area contributed by atoms with Crippen LogP contribution in [0.1, 0.15) is 20.8 Å². The SMILES string of the molecule is CC1CN(C(=O)C(C)Sc2ncc(-c3ccc(F)cc3)o2)CC(C)O1. The Morgan fingerprint density at radius 2 is 1.92 bits per heavy atom. The third-order valence-electron chi connectivity index (χ3n) is 3.97. The Bertz CT molecular complexity index is 724. The van der Waals surface area contributed by atoms with Crippen molar-refractivity contribution in [3.8, 4) is 11.3 Å². The molecule has 1 aliphatic rings. The third-order valence-corrected chi connectivity index (χ3v) is 4.92. The van der Waals surface area contributed by atoms with E-state index in [1.807, 2.05) is 25.7 Å². The van der Waals surface area contributed by atoms with E-state index in [2.05, 4.69) is 4.98 Å². The van der Waals surface area contributed by atoms with Gasteiger partial charge < -0.3 is 14.1 Å². The summed E-state index contributed by atoms with van der Waals surface area (Å²) in [5.74, 6) is 0.301. The highest BCUT2D eigenvalue weighted by molar-refractivity contribution is 8.00. The van der Waals surface area contributed by atoms with E-state index < -0.39 is 0 Å². The van der Waals surface area contributed by atoms with E-state index in [9.17, 15) is 9.18 Å². The summed E-state index contributed by atoms with van der Waals surface area (Å²) in [5, 5.41) is 0.117. The Morgan fingerprint density at radius 1 is 1.28 bits per heavy atom. The maximum absolute atomic E-state index is 13.0. The summed E-state index contributed by atoms with van der Waals surface area (Å²) in [6.07, 6.45) is 1.67. The summed E-state index contributed by atoms with van der Waals surface area (Å²) in [4.78, 5) is 18.7. The summed E-state index contributed by atoms with van der Waals surface area (Å²) in [6.45, 7) is 6.98. The van der Waals surface area contributed by atoms with Crippen LogP contribution in [0, 0.1) is 5.82 Å². The van der Waals surface area contributed by atoms with Crippen molar-refractivity contribution in [1.82, 2.24) is 9.88 Å². The predicted molar refractivity (Wildman–Crippen MR) is 93.8 cm³/mol. The average molecular weight is 364 g/mol. The molecule has 0 N–H and O–H groups in total. The van der Waals surface area contributed by atoms with Gasteiger partial charge >= 0.3 is 0 Å². The van der Waals surface area contributed by atoms with E-state index in [1.165, 1.54) is 23.9 Å². The predicted octanol–water partition coefficient (Wildman–Crippen LogP) is 3.60. The standard InChI is InChI=1S/C18H21FN2O3S/c1-11-9-21(10-12(2)23-11)17(22)13(3)25-18-20-8-16(24-18)14-4-6-15(19)7-5-14/h4-8,11-13H,9-10H2,1-3H3. The molecular weight excluding hydrogens is 343 g/mol. The Kier molecular flexibility index (Phi) is 5.44. The molecule has 1 aromatic heterocycles. The van der Waals surface area contributed by atoms with Gasteiger partial charge in [-0.15, -0.1) is 0 Å². The van der Waals surface area contributed by atoms with Gasteiger partial charge in [-0.3, -0.25) is 4.79 Å². The molecule has 5 nitrogen and oxygen atoms in total. The molecule has 2 heterocycles. The number of oxazole rings is 1. The van der Waals surface area contributed by atoms with E-state index in [0.717, 1.165) is 5.56 Å². The second kappa shape index (κ2) is 7.58. The number of ether oxygens (including phenoxy) is 1. The van der Waals surface area contributed by atoms with Gasteiger partial charge in [0.1, 0.15) is 5.82 Å². The highest BCUT2D eigenvalue weighted by Crippen LogP contribution is 2.29. The quantitative estimate of drug-likeness (QED) is 0.776. The fraction of sp³-hybridized carbons (Fsp3) is 0.444. The van der Waals surface area contributed by atoms with Crippen LogP contribution in [0.25, 0.3) is 11.3 Å². The lowest BCUT2D eigenvalue weighted by Crippen LogP contribution is -2.50. The van der Waals surface area contributed by atoms with Crippen molar-refractivity contribution in [1.29, 1.82) is 0 Å². The largest absolute Gasteiger partial charge is 0.431 e. The van der Waals surface area contributed by atoms with Gasteiger partial charge in [-0.1, -0.05) is 11.8 Å². The Balaban J connectivity index is 1.64. The number of morpholine rings is 1. The number of amides is 1. The zero-order valence-corrected chi connectivity index (χ0v) is 15.3. The van der Waals surface area contributed by atoms with Gasteiger partial charge in [0.05, 0.1) is 23.7 Å². The lowest BCUT2D eigenvalue weighted by atomic mass is 10.2. The Hall–Kier alpha value is -1.86. The lowest BCUT2D eigenvalue weighted by Gasteiger charge is -2.36. The van der Waals surface area contributed by atoms with Crippen molar-refractivity contribution in [2.75, 3.05) is 13.1 Å². The van der Waals surface area contributed by atoms with Crippen molar-refractivity contribution in [3.63, 3.8) is 0 Å². The summed E-state index contributed by atoms with van der Waals surface area (Å²) >= 11 is 1.28. The van der Waals surface area contributed by atoms with E-state index in [4.69, 9.17) is 9.15 Å². The number of halogens is 1. The normalized spacial score (nSPS) is 22.0. The number of hydrogen-bond acceptors (Lipinski definition) is 5. The van der Waals surface area contributed by atoms with Crippen LogP contribution < -0.4 is 0 Å². The van der Waals surface area contributed by atoms with Gasteiger partial charge in [0, 0.05) is 18.7 Å². The first-order chi connectivity index (χ1) is 11.9. The van der Waals surface area contributed by atoms with Crippen molar-refractivity contribution < 1.29 is 18.3 Å². The molecule has 3 atom stereocenters. The minimum Gasteiger partial charge on any atom is -0.431 e. The van der Waals surface area contributed by atoms with Crippen molar-refractivity contribution in [2.24, 2.45) is 0 Å². The van der Waals surface area contributed by atoms with Crippen LogP contribution in [0.5, 0.6) is 0 Å². The van der Waals surface area contributed by atoms with Gasteiger partial charge in [-0.05, 0) is 45.0 Å². The number of nitrogens with zero attached hydrogens (tertiary/aromatic N) is 2. The zero-order chi connectivity index (χ0) is 18.0. The van der Waals surface area contributed by atoms with Crippen LogP contribution in [-0.2, 0) is 9.53 Å². The number of aromatic nitrogens is 1. The molecule has 2 aromatic rings. The number of benzene rings is 1. The van der Waals surface area contributed by atoms with E-state index in [0.29, 0.717) is 24.1 Å². The van der Waals surface area contributed by atoms with Crippen LogP contribution >= 0.6 is 11.8 Å². The van der Waals surface area contributed by atoms with Crippen LogP contribution in [0.2, 0.25) is 0 Å². The molecule has 134 valence electrons. The smallest absolute Gasteiger partial charge is 0.256 e. The molecule has 1 aliphatic heterocycles. The highest BCUT2D eigenvalue weighted by Gasteiger charge is 2.29. The van der Waals surface area contributed by atoms with Crippen molar-refractivity contribution in [2.45, 2.75) is 43.5 Å². The molecule has 1 aromatic carbocycles. The average Bonchev–Trinajstić information content (AvgIpc) is 3.02. The first-order valence-corrected chi connectivity index (χ1v) is 9.13. The number of hydrogen-bond donors (Lipinski definition) is 0. The number of carbonyl (C=O) groups excluding carboxylic acids is 1. The molecule has 0 radical (unpaired) electrons. The Morgan fingerprint density at radius 3 is 2.56 bits per heavy atom. The number of thioether (sulfide) groups is 1. The van der Waals surface area contributed by atoms with E-state index in [1.54, 1.807) is 18.3 Å². The monoisotopic (exact) mass is 364 g/mol. The third kappa shape index (κ3) is 4.41. The van der Waals surface area contributed by atoms with Crippen LogP contribution in [0.15, 0.2) is 40.1 Å². The summed E-state index contributed by atoms with van der Waals surface area (Å²) in [7, 11) is 0. The minimum absolute atomic E-state index is 0.0386. The van der Waals surface area contributed by atoms with Gasteiger partial charge in [-0.25, -0.2) is 9.37 Å². The summed E-state index contributed by atoms with van der Waals surface area (Å²) < 4.78 is 24.4. The van der Waals surface area contributed by atoms with Gasteiger partial charge in [0.15, 0.2) is 5.76 Å². The second-order valence-corrected chi connectivity index (χ2v) is 7.55. The lowest BCUT2D eigenvalue weighted by molar-refractivity contribution is -0.142. The molecule has 0 bridgehead atoms.